The minimum Gasteiger partial charge on any atom is -0.387 e. The zero-order chi connectivity index (χ0) is 11.0. The molecule has 1 aliphatic carbocycles. The van der Waals surface area contributed by atoms with Gasteiger partial charge in [0.1, 0.15) is 0 Å². The van der Waals surface area contributed by atoms with Crippen LogP contribution in [0, 0.1) is 0 Å². The fourth-order valence-corrected chi connectivity index (χ4v) is 2.66. The first-order chi connectivity index (χ1) is 7.09. The van der Waals surface area contributed by atoms with Gasteiger partial charge >= 0.3 is 0 Å². The van der Waals surface area contributed by atoms with E-state index in [-0.39, 0.29) is 6.04 Å². The molecule has 0 saturated heterocycles. The van der Waals surface area contributed by atoms with Gasteiger partial charge in [0.2, 0.25) is 0 Å². The zero-order valence-corrected chi connectivity index (χ0v) is 9.72. The van der Waals surface area contributed by atoms with Crippen molar-refractivity contribution in [2.75, 3.05) is 0 Å². The second-order valence-corrected chi connectivity index (χ2v) is 4.80. The zero-order valence-electron chi connectivity index (χ0n) is 8.21. The SMILES string of the molecule is N[C@H]1CCCc2c(Cl)cc(Cl)cc2[C@H]1O. The van der Waals surface area contributed by atoms with Crippen LogP contribution in [0.1, 0.15) is 30.1 Å². The summed E-state index contributed by atoms with van der Waals surface area (Å²) in [5.41, 5.74) is 7.63. The van der Waals surface area contributed by atoms with Gasteiger partial charge in [-0.15, -0.1) is 0 Å². The van der Waals surface area contributed by atoms with Gasteiger partial charge in [-0.25, -0.2) is 0 Å². The van der Waals surface area contributed by atoms with Crippen LogP contribution in [0.3, 0.4) is 0 Å². The molecule has 0 aromatic heterocycles. The third kappa shape index (κ3) is 2.13. The van der Waals surface area contributed by atoms with Gasteiger partial charge < -0.3 is 10.8 Å². The first-order valence-electron chi connectivity index (χ1n) is 5.01. The third-order valence-electron chi connectivity index (χ3n) is 2.88. The smallest absolute Gasteiger partial charge is 0.0944 e. The molecule has 15 heavy (non-hydrogen) atoms. The molecule has 0 saturated carbocycles. The predicted molar refractivity (Wildman–Crippen MR) is 62.3 cm³/mol. The molecule has 0 unspecified atom stereocenters. The minimum atomic E-state index is -0.654. The molecule has 1 aromatic rings. The number of aliphatic hydroxyl groups is 1. The predicted octanol–water partition coefficient (Wildman–Crippen LogP) is 2.69. The Hall–Kier alpha value is -0.280. The normalized spacial score (nSPS) is 25.9. The van der Waals surface area contributed by atoms with Crippen LogP contribution in [0.5, 0.6) is 0 Å². The van der Waals surface area contributed by atoms with Crippen molar-refractivity contribution in [1.29, 1.82) is 0 Å². The van der Waals surface area contributed by atoms with Gasteiger partial charge in [0, 0.05) is 16.1 Å². The molecule has 4 heteroatoms. The van der Waals surface area contributed by atoms with E-state index in [4.69, 9.17) is 28.9 Å². The number of hydrogen-bond donors (Lipinski definition) is 2. The molecule has 0 spiro atoms. The molecule has 0 radical (unpaired) electrons. The maximum absolute atomic E-state index is 10.0. The van der Waals surface area contributed by atoms with Crippen molar-refractivity contribution in [2.45, 2.75) is 31.4 Å². The first kappa shape index (κ1) is 11.2. The lowest BCUT2D eigenvalue weighted by Gasteiger charge is -2.18. The highest BCUT2D eigenvalue weighted by Gasteiger charge is 2.24. The molecule has 0 amide bonds. The van der Waals surface area contributed by atoms with E-state index < -0.39 is 6.10 Å². The van der Waals surface area contributed by atoms with Gasteiger partial charge in [-0.3, -0.25) is 0 Å². The molecule has 2 nitrogen and oxygen atoms in total. The standard InChI is InChI=1S/C11H13Cl2NO/c12-6-4-8-7(9(13)5-6)2-1-3-10(14)11(8)15/h4-5,10-11,15H,1-3,14H2/t10-,11+/m0/s1. The molecule has 82 valence electrons. The van der Waals surface area contributed by atoms with E-state index in [9.17, 15) is 5.11 Å². The molecule has 0 fully saturated rings. The summed E-state index contributed by atoms with van der Waals surface area (Å²) >= 11 is 12.0. The van der Waals surface area contributed by atoms with Gasteiger partial charge in [-0.2, -0.15) is 0 Å². The van der Waals surface area contributed by atoms with Gasteiger partial charge in [0.15, 0.2) is 0 Å². The lowest BCUT2D eigenvalue weighted by molar-refractivity contribution is 0.144. The summed E-state index contributed by atoms with van der Waals surface area (Å²) in [6.07, 6.45) is 1.96. The van der Waals surface area contributed by atoms with Crippen LogP contribution >= 0.6 is 23.2 Å². The lowest BCUT2D eigenvalue weighted by atomic mass is 9.99. The Balaban J connectivity index is 2.53. The monoisotopic (exact) mass is 245 g/mol. The molecule has 0 bridgehead atoms. The summed E-state index contributed by atoms with van der Waals surface area (Å²) in [6, 6.07) is 3.25. The third-order valence-corrected chi connectivity index (χ3v) is 3.44. The number of rotatable bonds is 0. The largest absolute Gasteiger partial charge is 0.387 e. The van der Waals surface area contributed by atoms with Crippen molar-refractivity contribution >= 4 is 23.2 Å². The van der Waals surface area contributed by atoms with E-state index in [1.165, 1.54) is 0 Å². The van der Waals surface area contributed by atoms with Crippen LogP contribution in [-0.2, 0) is 6.42 Å². The van der Waals surface area contributed by atoms with Crippen LogP contribution in [-0.4, -0.2) is 11.1 Å². The summed E-state index contributed by atoms with van der Waals surface area (Å²) in [7, 11) is 0. The highest BCUT2D eigenvalue weighted by atomic mass is 35.5. The Bertz CT molecular complexity index is 381. The van der Waals surface area contributed by atoms with Gasteiger partial charge in [0.25, 0.3) is 0 Å². The molecule has 3 N–H and O–H groups in total. The number of fused-ring (bicyclic) bond motifs is 1. The average Bonchev–Trinajstić information content (AvgIpc) is 2.30. The van der Waals surface area contributed by atoms with E-state index >= 15 is 0 Å². The minimum absolute atomic E-state index is 0.221. The molecular weight excluding hydrogens is 233 g/mol. The van der Waals surface area contributed by atoms with Crippen molar-refractivity contribution in [3.8, 4) is 0 Å². The van der Waals surface area contributed by atoms with E-state index in [2.05, 4.69) is 0 Å². The number of benzene rings is 1. The van der Waals surface area contributed by atoms with Crippen LogP contribution in [0.15, 0.2) is 12.1 Å². The fourth-order valence-electron chi connectivity index (χ4n) is 2.05. The van der Waals surface area contributed by atoms with Gasteiger partial charge in [-0.05, 0) is 42.5 Å². The summed E-state index contributed by atoms with van der Waals surface area (Å²) < 4.78 is 0. The second kappa shape index (κ2) is 4.30. The number of nitrogens with two attached hydrogens (primary N) is 1. The van der Waals surface area contributed by atoms with Crippen LogP contribution in [0.2, 0.25) is 10.0 Å². The number of aliphatic hydroxyl groups excluding tert-OH is 1. The Kier molecular flexibility index (Phi) is 3.21. The molecule has 2 rings (SSSR count). The van der Waals surface area contributed by atoms with E-state index in [1.54, 1.807) is 12.1 Å². The van der Waals surface area contributed by atoms with Crippen LogP contribution in [0.4, 0.5) is 0 Å². The number of hydrogen-bond acceptors (Lipinski definition) is 2. The van der Waals surface area contributed by atoms with Gasteiger partial charge in [0.05, 0.1) is 6.10 Å². The van der Waals surface area contributed by atoms with Crippen molar-refractivity contribution < 1.29 is 5.11 Å². The maximum atomic E-state index is 10.0. The number of halogens is 2. The quantitative estimate of drug-likeness (QED) is 0.691. The maximum Gasteiger partial charge on any atom is 0.0944 e. The highest BCUT2D eigenvalue weighted by Crippen LogP contribution is 2.34. The summed E-state index contributed by atoms with van der Waals surface area (Å²) in [5.74, 6) is 0. The van der Waals surface area contributed by atoms with E-state index in [0.29, 0.717) is 10.0 Å². The van der Waals surface area contributed by atoms with Crippen molar-refractivity contribution in [2.24, 2.45) is 5.73 Å². The first-order valence-corrected chi connectivity index (χ1v) is 5.76. The molecule has 1 aliphatic rings. The average molecular weight is 246 g/mol. The Labute approximate surface area is 99.0 Å². The lowest BCUT2D eigenvalue weighted by Crippen LogP contribution is -2.27. The topological polar surface area (TPSA) is 46.2 Å². The Morgan fingerprint density at radius 1 is 1.33 bits per heavy atom. The van der Waals surface area contributed by atoms with E-state index in [1.807, 2.05) is 0 Å². The van der Waals surface area contributed by atoms with E-state index in [0.717, 1.165) is 30.4 Å². The fraction of sp³-hybridized carbons (Fsp3) is 0.455. The molecule has 1 aromatic carbocycles. The van der Waals surface area contributed by atoms with Crippen molar-refractivity contribution in [3.05, 3.63) is 33.3 Å². The van der Waals surface area contributed by atoms with Crippen molar-refractivity contribution in [1.82, 2.24) is 0 Å². The summed E-state index contributed by atoms with van der Waals surface area (Å²) in [4.78, 5) is 0. The second-order valence-electron chi connectivity index (χ2n) is 3.96. The molecule has 0 aliphatic heterocycles. The van der Waals surface area contributed by atoms with Gasteiger partial charge in [-0.1, -0.05) is 23.2 Å². The highest BCUT2D eigenvalue weighted by molar-refractivity contribution is 6.35. The summed E-state index contributed by atoms with van der Waals surface area (Å²) in [6.45, 7) is 0. The summed E-state index contributed by atoms with van der Waals surface area (Å²) in [5, 5.41) is 11.2. The van der Waals surface area contributed by atoms with Crippen LogP contribution in [0.25, 0.3) is 0 Å². The van der Waals surface area contributed by atoms with Crippen LogP contribution < -0.4 is 5.73 Å². The Morgan fingerprint density at radius 2 is 2.07 bits per heavy atom. The molecule has 2 atom stereocenters. The Morgan fingerprint density at radius 3 is 2.80 bits per heavy atom. The molecule has 0 heterocycles. The molecular formula is C11H13Cl2NO. The van der Waals surface area contributed by atoms with Crippen molar-refractivity contribution in [3.63, 3.8) is 0 Å².